The van der Waals surface area contributed by atoms with Crippen LogP contribution in [0.15, 0.2) is 0 Å². The van der Waals surface area contributed by atoms with Crippen molar-refractivity contribution in [3.05, 3.63) is 0 Å². The quantitative estimate of drug-likeness (QED) is 0.379. The number of rotatable bonds is 0. The molecular weight excluding hydrogens is 302 g/mol. The van der Waals surface area contributed by atoms with E-state index in [0.717, 1.165) is 17.2 Å². The van der Waals surface area contributed by atoms with Crippen molar-refractivity contribution in [2.24, 2.45) is 0 Å². The summed E-state index contributed by atoms with van der Waals surface area (Å²) in [5.74, 6) is 0. The zero-order chi connectivity index (χ0) is 4.41. The van der Waals surface area contributed by atoms with Gasteiger partial charge in [-0.1, -0.05) is 0 Å². The van der Waals surface area contributed by atoms with E-state index in [1.165, 1.54) is 0 Å². The molecule has 0 N–H and O–H groups in total. The van der Waals surface area contributed by atoms with Gasteiger partial charge in [0.05, 0.1) is 0 Å². The first-order valence-corrected chi connectivity index (χ1v) is 13.5. The van der Waals surface area contributed by atoms with Crippen molar-refractivity contribution < 1.29 is 17.2 Å². The van der Waals surface area contributed by atoms with Crippen molar-refractivity contribution in [2.75, 3.05) is 13.8 Å². The molecule has 0 amide bonds. The van der Waals surface area contributed by atoms with Crippen LogP contribution in [0, 0.1) is 0 Å². The molecule has 1 fully saturated rings. The standard InChI is InChI=1S/C4H9I2/c1-6-4-2-3-5-6/h2-4H2,1H3/q-1. The molecule has 40 valence electrons. The fraction of sp³-hybridized carbons (Fsp3) is 1.00. The van der Waals surface area contributed by atoms with E-state index in [2.05, 4.69) is 4.93 Å². The first-order chi connectivity index (χ1) is 2.89. The van der Waals surface area contributed by atoms with Gasteiger partial charge in [-0.25, -0.2) is 0 Å². The van der Waals surface area contributed by atoms with E-state index >= 15 is 0 Å². The van der Waals surface area contributed by atoms with Crippen LogP contribution in [0.2, 0.25) is 0 Å². The summed E-state index contributed by atoms with van der Waals surface area (Å²) in [6.07, 6.45) is 1.61. The molecule has 0 unspecified atom stereocenters. The van der Waals surface area contributed by atoms with Gasteiger partial charge in [-0.2, -0.15) is 0 Å². The average molecular weight is 311 g/mol. The van der Waals surface area contributed by atoms with Gasteiger partial charge in [0.15, 0.2) is 0 Å². The summed E-state index contributed by atoms with van der Waals surface area (Å²) >= 11 is 0.756. The van der Waals surface area contributed by atoms with E-state index in [-0.39, 0.29) is 15.8 Å². The maximum absolute atomic E-state index is 2.55. The van der Waals surface area contributed by atoms with Gasteiger partial charge in [-0.15, -0.1) is 0 Å². The molecule has 2 heteroatoms. The second kappa shape index (κ2) is 2.69. The van der Waals surface area contributed by atoms with Crippen LogP contribution in [0.3, 0.4) is 0 Å². The number of hydrogen-bond acceptors (Lipinski definition) is 0. The van der Waals surface area contributed by atoms with E-state index in [1.54, 1.807) is 15.3 Å². The number of alkyl halides is 3. The van der Waals surface area contributed by atoms with Crippen LogP contribution >= 0.6 is 15.8 Å². The molecule has 6 heavy (non-hydrogen) atoms. The molecule has 0 aliphatic carbocycles. The Hall–Kier alpha value is 1.46. The van der Waals surface area contributed by atoms with Crippen LogP contribution in [-0.2, 0) is 0 Å². The molecule has 0 atom stereocenters. The van der Waals surface area contributed by atoms with Gasteiger partial charge in [0.25, 0.3) is 0 Å². The van der Waals surface area contributed by atoms with Crippen LogP contribution in [-0.4, -0.2) is 13.8 Å². The molecule has 0 radical (unpaired) electrons. The molecule has 1 saturated heterocycles. The molecule has 1 heterocycles. The zero-order valence-corrected chi connectivity index (χ0v) is 8.19. The molecule has 1 rings (SSSR count). The van der Waals surface area contributed by atoms with Crippen LogP contribution in [0.4, 0.5) is 0 Å². The summed E-state index contributed by atoms with van der Waals surface area (Å²) in [5, 5.41) is 0. The van der Waals surface area contributed by atoms with Gasteiger partial charge < -0.3 is 0 Å². The Morgan fingerprint density at radius 1 is 1.67 bits per heavy atom. The van der Waals surface area contributed by atoms with Gasteiger partial charge in [0.1, 0.15) is 0 Å². The Morgan fingerprint density at radius 3 is 2.67 bits per heavy atom. The molecular formula is C4H9I2-. The summed E-state index contributed by atoms with van der Waals surface area (Å²) in [4.78, 5) is 2.55. The number of halogens is 2. The normalized spacial score (nSPS) is 29.8. The van der Waals surface area contributed by atoms with Gasteiger partial charge in [-0.05, 0) is 0 Å². The SMILES string of the molecule is CI1CCC[I-]1. The molecule has 0 aromatic carbocycles. The first-order valence-electron chi connectivity index (χ1n) is 2.06. The molecule has 0 spiro atoms. The third-order valence-electron chi connectivity index (χ3n) is 0.772. The summed E-state index contributed by atoms with van der Waals surface area (Å²) in [7, 11) is 0. The van der Waals surface area contributed by atoms with Gasteiger partial charge >= 0.3 is 53.3 Å². The van der Waals surface area contributed by atoms with Crippen LogP contribution in [0.25, 0.3) is 0 Å². The van der Waals surface area contributed by atoms with Crippen molar-refractivity contribution in [1.82, 2.24) is 0 Å². The third-order valence-corrected chi connectivity index (χ3v) is 17.2. The Kier molecular flexibility index (Phi) is 2.51. The topological polar surface area (TPSA) is 0 Å². The molecule has 0 saturated carbocycles. The van der Waals surface area contributed by atoms with Crippen molar-refractivity contribution >= 4 is 15.8 Å². The van der Waals surface area contributed by atoms with Gasteiger partial charge in [-0.3, -0.25) is 0 Å². The Morgan fingerprint density at radius 2 is 2.50 bits per heavy atom. The Labute approximate surface area is 52.8 Å². The van der Waals surface area contributed by atoms with E-state index in [1.807, 2.05) is 0 Å². The van der Waals surface area contributed by atoms with E-state index < -0.39 is 0 Å². The van der Waals surface area contributed by atoms with E-state index in [0.29, 0.717) is 0 Å². The molecule has 0 bridgehead atoms. The van der Waals surface area contributed by atoms with E-state index in [4.69, 9.17) is 0 Å². The molecule has 0 nitrogen and oxygen atoms in total. The molecule has 1 aliphatic rings. The van der Waals surface area contributed by atoms with Crippen LogP contribution in [0.5, 0.6) is 0 Å². The first kappa shape index (κ1) is 5.59. The van der Waals surface area contributed by atoms with Crippen molar-refractivity contribution in [1.29, 1.82) is 0 Å². The summed E-state index contributed by atoms with van der Waals surface area (Å²) in [6, 6.07) is 0. The fourth-order valence-corrected chi connectivity index (χ4v) is 15.5. The average Bonchev–Trinajstić information content (AvgIpc) is 1.86. The second-order valence-electron chi connectivity index (χ2n) is 1.34. The van der Waals surface area contributed by atoms with Crippen LogP contribution < -0.4 is 17.2 Å². The molecule has 1 aliphatic heterocycles. The monoisotopic (exact) mass is 311 g/mol. The zero-order valence-electron chi connectivity index (χ0n) is 3.88. The fourth-order valence-electron chi connectivity index (χ4n) is 0.458. The van der Waals surface area contributed by atoms with Gasteiger partial charge in [0, 0.05) is 0 Å². The predicted octanol–water partition coefficient (Wildman–Crippen LogP) is -1.47. The third kappa shape index (κ3) is 1.52. The minimum atomic E-state index is -0.0796. The van der Waals surface area contributed by atoms with Crippen molar-refractivity contribution in [2.45, 2.75) is 6.42 Å². The minimum absolute atomic E-state index is 0.0796. The van der Waals surface area contributed by atoms with Gasteiger partial charge in [0.2, 0.25) is 0 Å². The summed E-state index contributed by atoms with van der Waals surface area (Å²) in [5.41, 5.74) is 0. The van der Waals surface area contributed by atoms with E-state index in [9.17, 15) is 0 Å². The number of hydrogen-bond donors (Lipinski definition) is 0. The predicted molar refractivity (Wildman–Crippen MR) is 34.3 cm³/mol. The Balaban J connectivity index is 2.18. The molecule has 0 aromatic heterocycles. The maximum atomic E-state index is 2.55. The second-order valence-corrected chi connectivity index (χ2v) is 20.2. The summed E-state index contributed by atoms with van der Waals surface area (Å²) in [6.45, 7) is 0. The van der Waals surface area contributed by atoms with Crippen molar-refractivity contribution in [3.63, 3.8) is 0 Å². The van der Waals surface area contributed by atoms with Crippen LogP contribution in [0.1, 0.15) is 6.42 Å². The van der Waals surface area contributed by atoms with Crippen molar-refractivity contribution in [3.8, 4) is 0 Å². The molecule has 0 aromatic rings. The Bertz CT molecular complexity index is 38.8. The summed E-state index contributed by atoms with van der Waals surface area (Å²) < 4.78 is 3.36.